The number of carbonyl (C=O) groups is 1. The van der Waals surface area contributed by atoms with Gasteiger partial charge in [0.1, 0.15) is 16.2 Å². The van der Waals surface area contributed by atoms with Gasteiger partial charge in [-0.25, -0.2) is 4.98 Å². The fourth-order valence-electron chi connectivity index (χ4n) is 4.25. The number of rotatable bonds is 5. The number of nitrogens with one attached hydrogen (secondary N) is 1. The molecule has 4 aromatic rings. The molecule has 2 atom stereocenters. The highest BCUT2D eigenvalue weighted by atomic mass is 32.1. The second-order valence-corrected chi connectivity index (χ2v) is 9.24. The van der Waals surface area contributed by atoms with E-state index in [4.69, 9.17) is 0 Å². The number of aliphatic hydroxyl groups is 1. The topological polar surface area (TPSA) is 92.9 Å². The fourth-order valence-corrected chi connectivity index (χ4v) is 5.06. The SMILES string of the molecule is Cn1ccc(-c2ccc(Cc3cc(C(=O)N[C@H]4CCCC[C@@H]4O)nc4sccc34)cn2)n1. The summed E-state index contributed by atoms with van der Waals surface area (Å²) in [5, 5.41) is 20.7. The van der Waals surface area contributed by atoms with Gasteiger partial charge in [0.15, 0.2) is 0 Å². The molecule has 1 saturated carbocycles. The fraction of sp³-hybridized carbons (Fsp3) is 0.333. The Balaban J connectivity index is 1.39. The van der Waals surface area contributed by atoms with Crippen molar-refractivity contribution in [2.45, 2.75) is 44.2 Å². The van der Waals surface area contributed by atoms with Crippen LogP contribution in [0.15, 0.2) is 48.1 Å². The van der Waals surface area contributed by atoms with Gasteiger partial charge in [-0.3, -0.25) is 14.5 Å². The van der Waals surface area contributed by atoms with Crippen molar-refractivity contribution in [1.82, 2.24) is 25.1 Å². The molecule has 4 heterocycles. The molecule has 5 rings (SSSR count). The number of carbonyl (C=O) groups excluding carboxylic acids is 1. The van der Waals surface area contributed by atoms with E-state index in [-0.39, 0.29) is 11.9 Å². The van der Waals surface area contributed by atoms with Crippen LogP contribution in [0, 0.1) is 0 Å². The molecule has 1 amide bonds. The van der Waals surface area contributed by atoms with E-state index in [1.54, 1.807) is 4.68 Å². The number of fused-ring (bicyclic) bond motifs is 1. The molecule has 2 N–H and O–H groups in total. The molecule has 0 bridgehead atoms. The molecule has 0 unspecified atom stereocenters. The molecule has 0 spiro atoms. The van der Waals surface area contributed by atoms with Crippen molar-refractivity contribution in [1.29, 1.82) is 0 Å². The van der Waals surface area contributed by atoms with Crippen molar-refractivity contribution in [2.75, 3.05) is 0 Å². The summed E-state index contributed by atoms with van der Waals surface area (Å²) in [5.74, 6) is -0.226. The maximum absolute atomic E-state index is 12.9. The average Bonchev–Trinajstić information content (AvgIpc) is 3.45. The zero-order chi connectivity index (χ0) is 22.1. The first-order valence-electron chi connectivity index (χ1n) is 10.9. The Morgan fingerprint density at radius 3 is 2.84 bits per heavy atom. The van der Waals surface area contributed by atoms with Crippen LogP contribution in [0.2, 0.25) is 0 Å². The summed E-state index contributed by atoms with van der Waals surface area (Å²) in [7, 11) is 1.89. The lowest BCUT2D eigenvalue weighted by Gasteiger charge is -2.28. The molecule has 164 valence electrons. The number of aromatic nitrogens is 4. The van der Waals surface area contributed by atoms with E-state index < -0.39 is 6.10 Å². The highest BCUT2D eigenvalue weighted by molar-refractivity contribution is 7.16. The highest BCUT2D eigenvalue weighted by Gasteiger charge is 2.25. The van der Waals surface area contributed by atoms with E-state index in [0.29, 0.717) is 12.1 Å². The van der Waals surface area contributed by atoms with E-state index in [9.17, 15) is 9.90 Å². The van der Waals surface area contributed by atoms with Gasteiger partial charge in [0.25, 0.3) is 5.91 Å². The van der Waals surface area contributed by atoms with E-state index in [1.807, 2.05) is 55.2 Å². The summed E-state index contributed by atoms with van der Waals surface area (Å²) in [6.07, 6.45) is 7.48. The normalized spacial score (nSPS) is 18.7. The van der Waals surface area contributed by atoms with Crippen LogP contribution in [-0.4, -0.2) is 42.9 Å². The van der Waals surface area contributed by atoms with Crippen LogP contribution in [-0.2, 0) is 13.5 Å². The largest absolute Gasteiger partial charge is 0.391 e. The Kier molecular flexibility index (Phi) is 5.71. The van der Waals surface area contributed by atoms with Crippen LogP contribution in [0.4, 0.5) is 0 Å². The number of pyridine rings is 2. The highest BCUT2D eigenvalue weighted by Crippen LogP contribution is 2.26. The number of aliphatic hydroxyl groups excluding tert-OH is 1. The molecule has 0 radical (unpaired) electrons. The van der Waals surface area contributed by atoms with E-state index in [1.165, 1.54) is 11.3 Å². The predicted molar refractivity (Wildman–Crippen MR) is 125 cm³/mol. The molecule has 0 aliphatic heterocycles. The zero-order valence-electron chi connectivity index (χ0n) is 17.9. The van der Waals surface area contributed by atoms with Crippen molar-refractivity contribution in [3.05, 3.63) is 64.9 Å². The monoisotopic (exact) mass is 447 g/mol. The molecule has 1 aliphatic carbocycles. The first-order chi connectivity index (χ1) is 15.6. The van der Waals surface area contributed by atoms with Gasteiger partial charge in [-0.15, -0.1) is 11.3 Å². The van der Waals surface area contributed by atoms with Gasteiger partial charge in [0.2, 0.25) is 0 Å². The third-order valence-corrected chi connectivity index (χ3v) is 6.80. The lowest BCUT2D eigenvalue weighted by Crippen LogP contribution is -2.45. The summed E-state index contributed by atoms with van der Waals surface area (Å²) in [4.78, 5) is 22.9. The summed E-state index contributed by atoms with van der Waals surface area (Å²) >= 11 is 1.53. The van der Waals surface area contributed by atoms with Crippen molar-refractivity contribution in [2.24, 2.45) is 7.05 Å². The van der Waals surface area contributed by atoms with Crippen LogP contribution in [0.5, 0.6) is 0 Å². The molecule has 8 heteroatoms. The van der Waals surface area contributed by atoms with Gasteiger partial charge < -0.3 is 10.4 Å². The van der Waals surface area contributed by atoms with Crippen LogP contribution in [0.3, 0.4) is 0 Å². The number of hydrogen-bond acceptors (Lipinski definition) is 6. The Hall–Kier alpha value is -3.10. The number of nitrogens with zero attached hydrogens (tertiary/aromatic N) is 4. The molecular weight excluding hydrogens is 422 g/mol. The van der Waals surface area contributed by atoms with Gasteiger partial charge in [-0.05, 0) is 60.0 Å². The first kappa shape index (κ1) is 20.8. The summed E-state index contributed by atoms with van der Waals surface area (Å²) in [6, 6.07) is 9.67. The third kappa shape index (κ3) is 4.28. The molecule has 0 aromatic carbocycles. The van der Waals surface area contributed by atoms with Crippen molar-refractivity contribution in [3.8, 4) is 11.4 Å². The Morgan fingerprint density at radius 1 is 1.22 bits per heavy atom. The number of amides is 1. The summed E-state index contributed by atoms with van der Waals surface area (Å²) < 4.78 is 1.76. The Morgan fingerprint density at radius 2 is 2.09 bits per heavy atom. The number of aryl methyl sites for hydroxylation is 1. The molecule has 1 aliphatic rings. The van der Waals surface area contributed by atoms with Gasteiger partial charge in [-0.2, -0.15) is 5.10 Å². The number of hydrogen-bond donors (Lipinski definition) is 2. The Labute approximate surface area is 190 Å². The minimum atomic E-state index is -0.485. The molecule has 32 heavy (non-hydrogen) atoms. The standard InChI is InChI=1S/C24H25N5O2S/c1-29-10-8-19(28-29)18-7-6-15(14-25-18)12-16-13-21(27-24-17(16)9-11-32-24)23(31)26-20-4-2-3-5-22(20)30/h6-11,13-14,20,22,30H,2-5,12H2,1H3,(H,26,31)/t20-,22-/m0/s1. The molecular formula is C24H25N5O2S. The number of thiophene rings is 1. The van der Waals surface area contributed by atoms with Gasteiger partial charge in [-0.1, -0.05) is 18.9 Å². The van der Waals surface area contributed by atoms with Crippen molar-refractivity contribution >= 4 is 27.5 Å². The minimum Gasteiger partial charge on any atom is -0.391 e. The van der Waals surface area contributed by atoms with E-state index in [0.717, 1.165) is 58.4 Å². The third-order valence-electron chi connectivity index (χ3n) is 6.00. The summed E-state index contributed by atoms with van der Waals surface area (Å²) in [6.45, 7) is 0. The second-order valence-electron chi connectivity index (χ2n) is 8.34. The lowest BCUT2D eigenvalue weighted by molar-refractivity contribution is 0.0714. The molecule has 7 nitrogen and oxygen atoms in total. The molecule has 4 aromatic heterocycles. The minimum absolute atomic E-state index is 0.205. The maximum atomic E-state index is 12.9. The van der Waals surface area contributed by atoms with E-state index >= 15 is 0 Å². The smallest absolute Gasteiger partial charge is 0.270 e. The van der Waals surface area contributed by atoms with Gasteiger partial charge >= 0.3 is 0 Å². The second kappa shape index (κ2) is 8.80. The summed E-state index contributed by atoms with van der Waals surface area (Å²) in [5.41, 5.74) is 4.16. The van der Waals surface area contributed by atoms with E-state index in [2.05, 4.69) is 20.4 Å². The van der Waals surface area contributed by atoms with Crippen LogP contribution < -0.4 is 5.32 Å². The zero-order valence-corrected chi connectivity index (χ0v) is 18.7. The first-order valence-corrected chi connectivity index (χ1v) is 11.8. The molecule has 1 fully saturated rings. The van der Waals surface area contributed by atoms with Crippen LogP contribution in [0.1, 0.15) is 47.3 Å². The van der Waals surface area contributed by atoms with Gasteiger partial charge in [0.05, 0.1) is 17.8 Å². The maximum Gasteiger partial charge on any atom is 0.270 e. The quantitative estimate of drug-likeness (QED) is 0.486. The predicted octanol–water partition coefficient (Wildman–Crippen LogP) is 3.72. The molecule has 0 saturated heterocycles. The lowest BCUT2D eigenvalue weighted by atomic mass is 9.92. The Bertz CT molecular complexity index is 1250. The van der Waals surface area contributed by atoms with Crippen molar-refractivity contribution in [3.63, 3.8) is 0 Å². The van der Waals surface area contributed by atoms with Crippen LogP contribution in [0.25, 0.3) is 21.6 Å². The van der Waals surface area contributed by atoms with Crippen molar-refractivity contribution < 1.29 is 9.90 Å². The van der Waals surface area contributed by atoms with Crippen LogP contribution >= 0.6 is 11.3 Å². The average molecular weight is 448 g/mol. The van der Waals surface area contributed by atoms with Gasteiger partial charge in [0, 0.05) is 24.8 Å².